The quantitative estimate of drug-likeness (QED) is 0.760. The molecule has 0 aromatic rings. The molecule has 2 unspecified atom stereocenters. The summed E-state index contributed by atoms with van der Waals surface area (Å²) in [4.78, 5) is 11.3. The maximum atomic E-state index is 11.3. The molecule has 94 valence electrons. The third-order valence-electron chi connectivity index (χ3n) is 3.77. The molecule has 3 heteroatoms. The molecule has 1 amide bonds. The summed E-state index contributed by atoms with van der Waals surface area (Å²) < 4.78 is 5.25. The Labute approximate surface area is 103 Å². The first kappa shape index (κ1) is 12.3. The van der Waals surface area contributed by atoms with Crippen LogP contribution in [0.5, 0.6) is 0 Å². The fourth-order valence-electron chi connectivity index (χ4n) is 2.73. The first-order chi connectivity index (χ1) is 8.33. The van der Waals surface area contributed by atoms with Gasteiger partial charge in [-0.2, -0.15) is 0 Å². The number of hydrogen-bond donors (Lipinski definition) is 1. The summed E-state index contributed by atoms with van der Waals surface area (Å²) in [5.74, 6) is 8.47. The topological polar surface area (TPSA) is 38.3 Å². The van der Waals surface area contributed by atoms with Gasteiger partial charge in [0.25, 0.3) is 0 Å². The van der Waals surface area contributed by atoms with Crippen molar-refractivity contribution < 1.29 is 9.53 Å². The Morgan fingerprint density at radius 3 is 2.53 bits per heavy atom. The number of fused-ring (bicyclic) bond motifs is 1. The highest BCUT2D eigenvalue weighted by molar-refractivity contribution is 5.67. The van der Waals surface area contributed by atoms with E-state index >= 15 is 0 Å². The highest BCUT2D eigenvalue weighted by Gasteiger charge is 2.49. The fourth-order valence-corrected chi connectivity index (χ4v) is 2.73. The van der Waals surface area contributed by atoms with Gasteiger partial charge in [0.1, 0.15) is 0 Å². The van der Waals surface area contributed by atoms with E-state index in [4.69, 9.17) is 4.74 Å². The van der Waals surface area contributed by atoms with Gasteiger partial charge >= 0.3 is 6.09 Å². The van der Waals surface area contributed by atoms with Crippen molar-refractivity contribution in [2.75, 3.05) is 13.2 Å². The molecule has 1 N–H and O–H groups in total. The number of rotatable bonds is 4. The lowest BCUT2D eigenvalue weighted by molar-refractivity contribution is 0.137. The van der Waals surface area contributed by atoms with Crippen molar-refractivity contribution in [3.8, 4) is 11.8 Å². The van der Waals surface area contributed by atoms with E-state index in [1.165, 1.54) is 12.8 Å². The van der Waals surface area contributed by atoms with Crippen LogP contribution in [0.25, 0.3) is 0 Å². The lowest BCUT2D eigenvalue weighted by Crippen LogP contribution is -2.25. The standard InChI is InChI=1S/C14H21NO2/c1-2-9-15-14(16)17-10-13-11-7-5-3-4-6-8-12(11)13/h11-13H,2,5-10H2,1H3,(H,15,16). The fraction of sp³-hybridized carbons (Fsp3) is 0.786. The molecular weight excluding hydrogens is 214 g/mol. The smallest absolute Gasteiger partial charge is 0.407 e. The minimum Gasteiger partial charge on any atom is -0.449 e. The molecule has 0 aromatic heterocycles. The van der Waals surface area contributed by atoms with Crippen LogP contribution in [0.4, 0.5) is 4.79 Å². The van der Waals surface area contributed by atoms with Gasteiger partial charge in [0.2, 0.25) is 0 Å². The van der Waals surface area contributed by atoms with E-state index in [1.807, 2.05) is 6.92 Å². The van der Waals surface area contributed by atoms with Crippen molar-refractivity contribution in [3.05, 3.63) is 0 Å². The second-order valence-electron chi connectivity index (χ2n) is 4.95. The number of carbonyl (C=O) groups is 1. The molecule has 1 saturated carbocycles. The summed E-state index contributed by atoms with van der Waals surface area (Å²) >= 11 is 0. The molecule has 0 spiro atoms. The average Bonchev–Trinajstić information content (AvgIpc) is 2.94. The van der Waals surface area contributed by atoms with E-state index in [2.05, 4.69) is 17.2 Å². The number of alkyl carbamates (subject to hydrolysis) is 1. The Morgan fingerprint density at radius 1 is 1.29 bits per heavy atom. The van der Waals surface area contributed by atoms with Gasteiger partial charge in [-0.15, -0.1) is 11.8 Å². The van der Waals surface area contributed by atoms with Crippen LogP contribution in [0.2, 0.25) is 0 Å². The van der Waals surface area contributed by atoms with Crippen LogP contribution in [0.3, 0.4) is 0 Å². The van der Waals surface area contributed by atoms with Crippen molar-refractivity contribution in [2.24, 2.45) is 17.8 Å². The second kappa shape index (κ2) is 5.95. The predicted octanol–water partition coefficient (Wildman–Crippen LogP) is 2.56. The van der Waals surface area contributed by atoms with Crippen LogP contribution in [0.15, 0.2) is 0 Å². The molecule has 0 aliphatic heterocycles. The molecule has 1 fully saturated rings. The summed E-state index contributed by atoms with van der Waals surface area (Å²) in [7, 11) is 0. The van der Waals surface area contributed by atoms with E-state index < -0.39 is 0 Å². The number of amides is 1. The van der Waals surface area contributed by atoms with E-state index in [0.717, 1.165) is 31.1 Å². The maximum absolute atomic E-state index is 11.3. The van der Waals surface area contributed by atoms with Crippen LogP contribution < -0.4 is 5.32 Å². The first-order valence-electron chi connectivity index (χ1n) is 6.69. The van der Waals surface area contributed by atoms with Crippen LogP contribution in [-0.4, -0.2) is 19.2 Å². The number of ether oxygens (including phenoxy) is 1. The van der Waals surface area contributed by atoms with Crippen molar-refractivity contribution in [1.29, 1.82) is 0 Å². The van der Waals surface area contributed by atoms with E-state index in [1.54, 1.807) is 0 Å². The lowest BCUT2D eigenvalue weighted by Gasteiger charge is -2.05. The Morgan fingerprint density at radius 2 is 1.94 bits per heavy atom. The summed E-state index contributed by atoms with van der Waals surface area (Å²) in [5, 5.41) is 2.74. The molecule has 3 nitrogen and oxygen atoms in total. The highest BCUT2D eigenvalue weighted by atomic mass is 16.5. The van der Waals surface area contributed by atoms with E-state index in [-0.39, 0.29) is 6.09 Å². The summed E-state index contributed by atoms with van der Waals surface area (Å²) in [6, 6.07) is 0. The monoisotopic (exact) mass is 235 g/mol. The minimum absolute atomic E-state index is 0.262. The van der Waals surface area contributed by atoms with E-state index in [0.29, 0.717) is 19.1 Å². The zero-order valence-electron chi connectivity index (χ0n) is 10.5. The summed E-state index contributed by atoms with van der Waals surface area (Å²) in [6.45, 7) is 3.32. The van der Waals surface area contributed by atoms with Gasteiger partial charge in [-0.1, -0.05) is 6.92 Å². The molecule has 0 heterocycles. The molecule has 0 bridgehead atoms. The number of carbonyl (C=O) groups excluding carboxylic acids is 1. The molecular formula is C14H21NO2. The zero-order valence-corrected chi connectivity index (χ0v) is 10.5. The van der Waals surface area contributed by atoms with Gasteiger partial charge in [0.15, 0.2) is 0 Å². The molecule has 2 aliphatic rings. The SMILES string of the molecule is CCCNC(=O)OCC1C2CCC#CCCC21. The highest BCUT2D eigenvalue weighted by Crippen LogP contribution is 2.52. The maximum Gasteiger partial charge on any atom is 0.407 e. The van der Waals surface area contributed by atoms with Crippen LogP contribution in [0.1, 0.15) is 39.0 Å². The van der Waals surface area contributed by atoms with Crippen LogP contribution in [-0.2, 0) is 4.74 Å². The van der Waals surface area contributed by atoms with Gasteiger partial charge in [-0.25, -0.2) is 4.79 Å². The van der Waals surface area contributed by atoms with Gasteiger partial charge < -0.3 is 10.1 Å². The summed E-state index contributed by atoms with van der Waals surface area (Å²) in [6.07, 6.45) is 5.08. The average molecular weight is 235 g/mol. The van der Waals surface area contributed by atoms with Crippen LogP contribution >= 0.6 is 0 Å². The minimum atomic E-state index is -0.262. The van der Waals surface area contributed by atoms with Crippen molar-refractivity contribution >= 4 is 6.09 Å². The number of nitrogens with one attached hydrogen (secondary N) is 1. The van der Waals surface area contributed by atoms with Gasteiger partial charge in [0.05, 0.1) is 6.61 Å². The molecule has 2 atom stereocenters. The van der Waals surface area contributed by atoms with Crippen LogP contribution in [0, 0.1) is 29.6 Å². The Hall–Kier alpha value is -1.17. The van der Waals surface area contributed by atoms with Crippen molar-refractivity contribution in [1.82, 2.24) is 5.32 Å². The Bertz CT molecular complexity index is 311. The largest absolute Gasteiger partial charge is 0.449 e. The molecule has 0 radical (unpaired) electrons. The first-order valence-corrected chi connectivity index (χ1v) is 6.69. The zero-order chi connectivity index (χ0) is 12.1. The van der Waals surface area contributed by atoms with Gasteiger partial charge in [-0.3, -0.25) is 0 Å². The molecule has 0 aromatic carbocycles. The summed E-state index contributed by atoms with van der Waals surface area (Å²) in [5.41, 5.74) is 0. The second-order valence-corrected chi connectivity index (χ2v) is 4.95. The third kappa shape index (κ3) is 3.39. The molecule has 2 aliphatic carbocycles. The Balaban J connectivity index is 1.66. The van der Waals surface area contributed by atoms with Gasteiger partial charge in [0, 0.05) is 19.4 Å². The van der Waals surface area contributed by atoms with Crippen molar-refractivity contribution in [2.45, 2.75) is 39.0 Å². The van der Waals surface area contributed by atoms with Gasteiger partial charge in [-0.05, 0) is 37.0 Å². The Kier molecular flexibility index (Phi) is 4.30. The molecule has 0 saturated heterocycles. The lowest BCUT2D eigenvalue weighted by atomic mass is 10.1. The third-order valence-corrected chi connectivity index (χ3v) is 3.77. The molecule has 17 heavy (non-hydrogen) atoms. The van der Waals surface area contributed by atoms with E-state index in [9.17, 15) is 4.79 Å². The number of hydrogen-bond acceptors (Lipinski definition) is 2. The van der Waals surface area contributed by atoms with Crippen molar-refractivity contribution in [3.63, 3.8) is 0 Å². The molecule has 2 rings (SSSR count). The predicted molar refractivity (Wildman–Crippen MR) is 66.4 cm³/mol. The normalized spacial score (nSPS) is 30.1.